The average Bonchev–Trinajstić information content (AvgIpc) is 2.17. The van der Waals surface area contributed by atoms with Crippen molar-refractivity contribution >= 4 is 5.91 Å². The van der Waals surface area contributed by atoms with Crippen LogP contribution in [0.15, 0.2) is 12.7 Å². The Hall–Kier alpha value is -1.73. The molecule has 0 saturated heterocycles. The highest BCUT2D eigenvalue weighted by molar-refractivity contribution is 5.90. The summed E-state index contributed by atoms with van der Waals surface area (Å²) in [4.78, 5) is 21.4. The molecule has 1 aromatic rings. The van der Waals surface area contributed by atoms with E-state index in [-0.39, 0.29) is 5.82 Å². The largest absolute Gasteiger partial charge is 0.408 e. The topological polar surface area (TPSA) is 67.8 Å². The number of rotatable bonds is 2. The van der Waals surface area contributed by atoms with Crippen LogP contribution in [0.1, 0.15) is 17.5 Å². The van der Waals surface area contributed by atoms with E-state index < -0.39 is 18.1 Å². The second-order valence-electron chi connectivity index (χ2n) is 2.70. The van der Waals surface area contributed by atoms with Crippen LogP contribution in [0.25, 0.3) is 0 Å². The van der Waals surface area contributed by atoms with E-state index in [1.807, 2.05) is 0 Å². The fourth-order valence-corrected chi connectivity index (χ4v) is 0.699. The van der Waals surface area contributed by atoms with E-state index in [1.165, 1.54) is 0 Å². The van der Waals surface area contributed by atoms with Gasteiger partial charge in [-0.25, -0.2) is 15.0 Å². The number of hydrogen-bond acceptors (Lipinski definition) is 4. The van der Waals surface area contributed by atoms with Gasteiger partial charge in [0.15, 0.2) is 0 Å². The zero-order valence-corrected chi connectivity index (χ0v) is 7.62. The Morgan fingerprint density at radius 3 is 2.40 bits per heavy atom. The monoisotopic (exact) mass is 220 g/mol. The van der Waals surface area contributed by atoms with E-state index in [0.717, 1.165) is 19.6 Å². The molecule has 1 amide bonds. The van der Waals surface area contributed by atoms with Gasteiger partial charge >= 0.3 is 6.18 Å². The molecular weight excluding hydrogens is 213 g/mol. The van der Waals surface area contributed by atoms with Crippen molar-refractivity contribution in [2.24, 2.45) is 0 Å². The second-order valence-corrected chi connectivity index (χ2v) is 2.70. The summed E-state index contributed by atoms with van der Waals surface area (Å²) in [5, 5.41) is 1.72. The lowest BCUT2D eigenvalue weighted by atomic mass is 10.3. The molecule has 0 spiro atoms. The van der Waals surface area contributed by atoms with Crippen molar-refractivity contribution in [2.75, 3.05) is 0 Å². The second kappa shape index (κ2) is 4.20. The summed E-state index contributed by atoms with van der Waals surface area (Å²) in [7, 11) is 0. The first-order valence-corrected chi connectivity index (χ1v) is 3.91. The number of hydrogen-bond donors (Lipinski definition) is 1. The van der Waals surface area contributed by atoms with Gasteiger partial charge < -0.3 is 5.32 Å². The van der Waals surface area contributed by atoms with E-state index in [2.05, 4.69) is 15.0 Å². The lowest BCUT2D eigenvalue weighted by Gasteiger charge is -2.16. The zero-order valence-electron chi connectivity index (χ0n) is 7.62. The molecule has 0 aromatic carbocycles. The van der Waals surface area contributed by atoms with Gasteiger partial charge in [-0.1, -0.05) is 0 Å². The quantitative estimate of drug-likeness (QED) is 0.790. The van der Waals surface area contributed by atoms with Crippen LogP contribution in [0, 0.1) is 0 Å². The Morgan fingerprint density at radius 1 is 1.40 bits per heavy atom. The third-order valence-electron chi connectivity index (χ3n) is 1.54. The minimum absolute atomic E-state index is 0.346. The Kier molecular flexibility index (Phi) is 3.17. The van der Waals surface area contributed by atoms with E-state index in [4.69, 9.17) is 0 Å². The van der Waals surface area contributed by atoms with Crippen molar-refractivity contribution < 1.29 is 18.0 Å². The molecule has 1 N–H and O–H groups in total. The average molecular weight is 220 g/mol. The van der Waals surface area contributed by atoms with Crippen LogP contribution >= 0.6 is 0 Å². The highest BCUT2D eigenvalue weighted by atomic mass is 19.4. The molecule has 0 aliphatic rings. The van der Waals surface area contributed by atoms with Crippen molar-refractivity contribution in [2.45, 2.75) is 19.1 Å². The zero-order chi connectivity index (χ0) is 11.5. The van der Waals surface area contributed by atoms with Gasteiger partial charge in [0.25, 0.3) is 5.91 Å². The first-order chi connectivity index (χ1) is 6.91. The first-order valence-electron chi connectivity index (χ1n) is 3.91. The van der Waals surface area contributed by atoms with Crippen LogP contribution < -0.4 is 5.32 Å². The standard InChI is InChI=1S/C7H7F3N4O/c1-4(7(8,9)10)14-6(15)5-12-2-11-3-13-5/h2-4H,1H3,(H,14,15)/t4-/m0/s1. The molecule has 15 heavy (non-hydrogen) atoms. The van der Waals surface area contributed by atoms with Gasteiger partial charge in [-0.05, 0) is 6.92 Å². The number of carbonyl (C=O) groups is 1. The number of halogens is 3. The number of nitrogens with one attached hydrogen (secondary N) is 1. The molecule has 1 atom stereocenters. The predicted octanol–water partition coefficient (Wildman–Crippen LogP) is 0.552. The third kappa shape index (κ3) is 3.15. The molecule has 82 valence electrons. The molecule has 8 heteroatoms. The number of amides is 1. The van der Waals surface area contributed by atoms with Gasteiger partial charge in [-0.3, -0.25) is 4.79 Å². The minimum Gasteiger partial charge on any atom is -0.338 e. The Balaban J connectivity index is 2.65. The van der Waals surface area contributed by atoms with E-state index in [9.17, 15) is 18.0 Å². The Bertz CT molecular complexity index is 340. The number of aromatic nitrogens is 3. The molecule has 0 bridgehead atoms. The van der Waals surface area contributed by atoms with Crippen molar-refractivity contribution in [3.05, 3.63) is 18.5 Å². The van der Waals surface area contributed by atoms with Crippen molar-refractivity contribution in [3.8, 4) is 0 Å². The van der Waals surface area contributed by atoms with Gasteiger partial charge in [0, 0.05) is 0 Å². The summed E-state index contributed by atoms with van der Waals surface area (Å²) in [5.41, 5.74) is 0. The molecule has 5 nitrogen and oxygen atoms in total. The molecule has 0 saturated carbocycles. The number of nitrogens with zero attached hydrogens (tertiary/aromatic N) is 3. The van der Waals surface area contributed by atoms with Crippen LogP contribution in [0.3, 0.4) is 0 Å². The molecule has 0 aliphatic carbocycles. The highest BCUT2D eigenvalue weighted by Gasteiger charge is 2.37. The van der Waals surface area contributed by atoms with Gasteiger partial charge in [-0.2, -0.15) is 13.2 Å². The van der Waals surface area contributed by atoms with Crippen molar-refractivity contribution in [3.63, 3.8) is 0 Å². The summed E-state index contributed by atoms with van der Waals surface area (Å²) < 4.78 is 36.2. The Morgan fingerprint density at radius 2 is 1.93 bits per heavy atom. The molecule has 0 radical (unpaired) electrons. The summed E-state index contributed by atoms with van der Waals surface area (Å²) in [6.45, 7) is 0.832. The maximum Gasteiger partial charge on any atom is 0.408 e. The minimum atomic E-state index is -4.48. The van der Waals surface area contributed by atoms with Crippen molar-refractivity contribution in [1.29, 1.82) is 0 Å². The van der Waals surface area contributed by atoms with Gasteiger partial charge in [0.05, 0.1) is 0 Å². The lowest BCUT2D eigenvalue weighted by Crippen LogP contribution is -2.43. The number of alkyl halides is 3. The predicted molar refractivity (Wildman–Crippen MR) is 42.8 cm³/mol. The highest BCUT2D eigenvalue weighted by Crippen LogP contribution is 2.19. The SMILES string of the molecule is C[C@H](NC(=O)c1ncncn1)C(F)(F)F. The van der Waals surface area contributed by atoms with Crippen molar-refractivity contribution in [1.82, 2.24) is 20.3 Å². The van der Waals surface area contributed by atoms with E-state index >= 15 is 0 Å². The smallest absolute Gasteiger partial charge is 0.338 e. The van der Waals surface area contributed by atoms with Gasteiger partial charge in [0.2, 0.25) is 5.82 Å². The molecule has 1 aromatic heterocycles. The van der Waals surface area contributed by atoms with Crippen LogP contribution in [0.5, 0.6) is 0 Å². The van der Waals surface area contributed by atoms with Gasteiger partial charge in [0.1, 0.15) is 18.7 Å². The normalized spacial score (nSPS) is 13.3. The van der Waals surface area contributed by atoms with Gasteiger partial charge in [-0.15, -0.1) is 0 Å². The third-order valence-corrected chi connectivity index (χ3v) is 1.54. The maximum absolute atomic E-state index is 12.1. The van der Waals surface area contributed by atoms with E-state index in [0.29, 0.717) is 0 Å². The van der Waals surface area contributed by atoms with Crippen LogP contribution in [0.4, 0.5) is 13.2 Å². The number of carbonyl (C=O) groups excluding carboxylic acids is 1. The summed E-state index contributed by atoms with van der Waals surface area (Å²) in [5.74, 6) is -1.33. The first kappa shape index (κ1) is 11.3. The summed E-state index contributed by atoms with van der Waals surface area (Å²) in [6.07, 6.45) is -2.43. The maximum atomic E-state index is 12.1. The van der Waals surface area contributed by atoms with E-state index in [1.54, 1.807) is 5.32 Å². The molecule has 0 unspecified atom stereocenters. The molecule has 0 fully saturated rings. The fraction of sp³-hybridized carbons (Fsp3) is 0.429. The fourth-order valence-electron chi connectivity index (χ4n) is 0.699. The Labute approximate surface area is 82.8 Å². The van der Waals surface area contributed by atoms with Crippen LogP contribution in [-0.2, 0) is 0 Å². The summed E-state index contributed by atoms with van der Waals surface area (Å²) >= 11 is 0. The molecule has 1 heterocycles. The molecule has 0 aliphatic heterocycles. The molecule has 1 rings (SSSR count). The van der Waals surface area contributed by atoms with Crippen LogP contribution in [0.2, 0.25) is 0 Å². The summed E-state index contributed by atoms with van der Waals surface area (Å²) in [6, 6.07) is -1.94. The lowest BCUT2D eigenvalue weighted by molar-refractivity contribution is -0.149. The van der Waals surface area contributed by atoms with Crippen LogP contribution in [-0.4, -0.2) is 33.1 Å². The molecular formula is C7H7F3N4O.